The molecule has 0 aliphatic carbocycles. The van der Waals surface area contributed by atoms with Gasteiger partial charge in [-0.05, 0) is 38.0 Å². The SMILES string of the molecule is CNC(=O)NC(=O)[C@H](C)N1CCN(S(=O)(=O)c2cc(C)ccc2C)CC1. The fourth-order valence-corrected chi connectivity index (χ4v) is 4.63. The van der Waals surface area contributed by atoms with E-state index in [-0.39, 0.29) is 0 Å². The summed E-state index contributed by atoms with van der Waals surface area (Å²) in [6.45, 7) is 6.80. The molecule has 1 aromatic carbocycles. The Bertz CT molecular complexity index is 786. The largest absolute Gasteiger partial charge is 0.341 e. The van der Waals surface area contributed by atoms with E-state index in [0.29, 0.717) is 31.1 Å². The summed E-state index contributed by atoms with van der Waals surface area (Å²) in [4.78, 5) is 25.5. The Balaban J connectivity index is 2.04. The first-order valence-electron chi connectivity index (χ1n) is 8.51. The van der Waals surface area contributed by atoms with Gasteiger partial charge in [0.15, 0.2) is 0 Å². The summed E-state index contributed by atoms with van der Waals surface area (Å²) < 4.78 is 27.3. The van der Waals surface area contributed by atoms with Gasteiger partial charge in [0.25, 0.3) is 0 Å². The van der Waals surface area contributed by atoms with Crippen LogP contribution in [-0.2, 0) is 14.8 Å². The van der Waals surface area contributed by atoms with Crippen LogP contribution in [0.25, 0.3) is 0 Å². The van der Waals surface area contributed by atoms with E-state index in [1.54, 1.807) is 19.9 Å². The number of piperazine rings is 1. The molecule has 1 heterocycles. The molecule has 0 radical (unpaired) electrons. The Morgan fingerprint density at radius 3 is 2.31 bits per heavy atom. The van der Waals surface area contributed by atoms with Crippen molar-refractivity contribution in [3.05, 3.63) is 29.3 Å². The average Bonchev–Trinajstić information content (AvgIpc) is 2.62. The zero-order valence-corrected chi connectivity index (χ0v) is 16.4. The number of amides is 3. The number of hydrogen-bond donors (Lipinski definition) is 2. The first-order valence-corrected chi connectivity index (χ1v) is 9.95. The minimum absolute atomic E-state index is 0.299. The number of rotatable bonds is 4. The smallest absolute Gasteiger partial charge is 0.321 e. The van der Waals surface area contributed by atoms with Crippen molar-refractivity contribution >= 4 is 22.0 Å². The van der Waals surface area contributed by atoms with Crippen molar-refractivity contribution in [3.63, 3.8) is 0 Å². The lowest BCUT2D eigenvalue weighted by atomic mass is 10.2. The average molecular weight is 382 g/mol. The monoisotopic (exact) mass is 382 g/mol. The van der Waals surface area contributed by atoms with Crippen LogP contribution in [-0.4, -0.2) is 68.8 Å². The van der Waals surface area contributed by atoms with Crippen molar-refractivity contribution in [3.8, 4) is 0 Å². The summed E-state index contributed by atoms with van der Waals surface area (Å²) in [5.74, 6) is -0.407. The molecule has 1 saturated heterocycles. The number of urea groups is 1. The lowest BCUT2D eigenvalue weighted by Crippen LogP contribution is -2.56. The molecule has 1 aromatic rings. The highest BCUT2D eigenvalue weighted by Crippen LogP contribution is 2.22. The number of benzene rings is 1. The number of aryl methyl sites for hydroxylation is 2. The van der Waals surface area contributed by atoms with Crippen molar-refractivity contribution in [1.82, 2.24) is 19.8 Å². The maximum atomic E-state index is 12.9. The summed E-state index contributed by atoms with van der Waals surface area (Å²) in [5.41, 5.74) is 1.61. The summed E-state index contributed by atoms with van der Waals surface area (Å²) in [5, 5.41) is 4.58. The van der Waals surface area contributed by atoms with E-state index < -0.39 is 28.0 Å². The van der Waals surface area contributed by atoms with Gasteiger partial charge in [-0.25, -0.2) is 13.2 Å². The first kappa shape index (κ1) is 20.3. The molecule has 1 atom stereocenters. The summed E-state index contributed by atoms with van der Waals surface area (Å²) in [7, 11) is -2.13. The van der Waals surface area contributed by atoms with Gasteiger partial charge in [0.05, 0.1) is 10.9 Å². The van der Waals surface area contributed by atoms with E-state index in [4.69, 9.17) is 0 Å². The minimum atomic E-state index is -3.57. The lowest BCUT2D eigenvalue weighted by Gasteiger charge is -2.36. The van der Waals surface area contributed by atoms with Gasteiger partial charge in [-0.1, -0.05) is 12.1 Å². The number of sulfonamides is 1. The Labute approximate surface area is 154 Å². The standard InChI is InChI=1S/C17H26N4O4S/c1-12-5-6-13(2)15(11-12)26(24,25)21-9-7-20(8-10-21)14(3)16(22)19-17(23)18-4/h5-6,11,14H,7-10H2,1-4H3,(H2,18,19,22,23)/t14-/m0/s1. The van der Waals surface area contributed by atoms with Gasteiger partial charge in [-0.3, -0.25) is 15.0 Å². The number of carbonyl (C=O) groups is 2. The first-order chi connectivity index (χ1) is 12.2. The van der Waals surface area contributed by atoms with Gasteiger partial charge in [-0.15, -0.1) is 0 Å². The molecular weight excluding hydrogens is 356 g/mol. The van der Waals surface area contributed by atoms with Crippen LogP contribution in [0.3, 0.4) is 0 Å². The molecule has 8 nitrogen and oxygen atoms in total. The second-order valence-electron chi connectivity index (χ2n) is 6.45. The van der Waals surface area contributed by atoms with E-state index in [1.807, 2.05) is 24.0 Å². The molecule has 26 heavy (non-hydrogen) atoms. The molecule has 1 fully saturated rings. The summed E-state index contributed by atoms with van der Waals surface area (Å²) in [6, 6.07) is 4.31. The molecule has 0 aromatic heterocycles. The highest BCUT2D eigenvalue weighted by atomic mass is 32.2. The molecule has 1 aliphatic heterocycles. The highest BCUT2D eigenvalue weighted by Gasteiger charge is 2.32. The molecule has 9 heteroatoms. The molecule has 1 aliphatic rings. The van der Waals surface area contributed by atoms with Crippen molar-refractivity contribution in [1.29, 1.82) is 0 Å². The van der Waals surface area contributed by atoms with Crippen molar-refractivity contribution in [2.45, 2.75) is 31.7 Å². The van der Waals surface area contributed by atoms with Crippen LogP contribution in [0.2, 0.25) is 0 Å². The molecule has 2 N–H and O–H groups in total. The van der Waals surface area contributed by atoms with Crippen molar-refractivity contribution in [2.24, 2.45) is 0 Å². The zero-order valence-electron chi connectivity index (χ0n) is 15.6. The van der Waals surface area contributed by atoms with E-state index in [2.05, 4.69) is 10.6 Å². The van der Waals surface area contributed by atoms with Crippen LogP contribution in [0, 0.1) is 13.8 Å². The molecule has 2 rings (SSSR count). The van der Waals surface area contributed by atoms with Gasteiger partial charge < -0.3 is 5.32 Å². The number of carbonyl (C=O) groups excluding carboxylic acids is 2. The lowest BCUT2D eigenvalue weighted by molar-refractivity contribution is -0.125. The number of nitrogens with zero attached hydrogens (tertiary/aromatic N) is 2. The molecule has 0 saturated carbocycles. The Morgan fingerprint density at radius 2 is 1.73 bits per heavy atom. The molecule has 3 amide bonds. The third kappa shape index (κ3) is 4.40. The predicted molar refractivity (Wildman–Crippen MR) is 98.3 cm³/mol. The normalized spacial score (nSPS) is 17.5. The second-order valence-corrected chi connectivity index (χ2v) is 8.36. The van der Waals surface area contributed by atoms with Gasteiger partial charge >= 0.3 is 6.03 Å². The summed E-state index contributed by atoms with van der Waals surface area (Å²) in [6.07, 6.45) is 0. The Morgan fingerprint density at radius 1 is 1.12 bits per heavy atom. The van der Waals surface area contributed by atoms with E-state index in [9.17, 15) is 18.0 Å². The maximum Gasteiger partial charge on any atom is 0.321 e. The van der Waals surface area contributed by atoms with Gasteiger partial charge in [0, 0.05) is 33.2 Å². The predicted octanol–water partition coefficient (Wildman–Crippen LogP) is 0.454. The Hall–Kier alpha value is -1.97. The van der Waals surface area contributed by atoms with Crippen LogP contribution >= 0.6 is 0 Å². The molecule has 0 unspecified atom stereocenters. The molecule has 144 valence electrons. The van der Waals surface area contributed by atoms with E-state index in [1.165, 1.54) is 11.4 Å². The zero-order chi connectivity index (χ0) is 19.5. The van der Waals surface area contributed by atoms with E-state index in [0.717, 1.165) is 11.1 Å². The van der Waals surface area contributed by atoms with Crippen LogP contribution in [0.4, 0.5) is 4.79 Å². The fourth-order valence-electron chi connectivity index (χ4n) is 2.90. The third-order valence-corrected chi connectivity index (χ3v) is 6.67. The summed E-state index contributed by atoms with van der Waals surface area (Å²) >= 11 is 0. The number of hydrogen-bond acceptors (Lipinski definition) is 5. The Kier molecular flexibility index (Phi) is 6.38. The molecule has 0 spiro atoms. The van der Waals surface area contributed by atoms with E-state index >= 15 is 0 Å². The van der Waals surface area contributed by atoms with Crippen molar-refractivity contribution < 1.29 is 18.0 Å². The second kappa shape index (κ2) is 8.15. The highest BCUT2D eigenvalue weighted by molar-refractivity contribution is 7.89. The van der Waals surface area contributed by atoms with Gasteiger partial charge in [0.1, 0.15) is 0 Å². The van der Waals surface area contributed by atoms with Crippen LogP contribution < -0.4 is 10.6 Å². The minimum Gasteiger partial charge on any atom is -0.341 e. The third-order valence-electron chi connectivity index (χ3n) is 4.63. The number of nitrogens with one attached hydrogen (secondary N) is 2. The number of imide groups is 1. The van der Waals surface area contributed by atoms with Crippen LogP contribution in [0.15, 0.2) is 23.1 Å². The quantitative estimate of drug-likeness (QED) is 0.788. The molecular formula is C17H26N4O4S. The van der Waals surface area contributed by atoms with Crippen molar-refractivity contribution in [2.75, 3.05) is 33.2 Å². The van der Waals surface area contributed by atoms with Crippen LogP contribution in [0.5, 0.6) is 0 Å². The maximum absolute atomic E-state index is 12.9. The molecule has 0 bridgehead atoms. The van der Waals surface area contributed by atoms with Gasteiger partial charge in [-0.2, -0.15) is 4.31 Å². The topological polar surface area (TPSA) is 98.8 Å². The fraction of sp³-hybridized carbons (Fsp3) is 0.529. The van der Waals surface area contributed by atoms with Gasteiger partial charge in [0.2, 0.25) is 15.9 Å². The van der Waals surface area contributed by atoms with Crippen LogP contribution in [0.1, 0.15) is 18.1 Å².